The van der Waals surface area contributed by atoms with Crippen LogP contribution in [0.15, 0.2) is 224 Å². The topological polar surface area (TPSA) is 304 Å². The molecule has 0 heterocycles. The second-order valence-electron chi connectivity index (χ2n) is 28.5. The number of nitrogens with one attached hydrogen (secondary N) is 4. The molecule has 22 heteroatoms. The quantitative estimate of drug-likeness (QED) is 0.0206. The van der Waals surface area contributed by atoms with Gasteiger partial charge in [0.1, 0.15) is 28.8 Å². The monoisotopic (exact) mass is 1530 g/mol. The van der Waals surface area contributed by atoms with Crippen LogP contribution in [0.1, 0.15) is 109 Å². The Bertz CT molecular complexity index is 5020. The number of phenolic OH excluding ortho intramolecular Hbond substituents is 1. The molecule has 0 atom stereocenters. The largest absolute Gasteiger partial charge is 0.504 e. The minimum absolute atomic E-state index is 0.0768. The molecule has 112 heavy (non-hydrogen) atoms. The fourth-order valence-electron chi connectivity index (χ4n) is 14.4. The lowest BCUT2D eigenvalue weighted by Gasteiger charge is -2.25. The number of benzene rings is 10. The molecule has 0 saturated heterocycles. The van der Waals surface area contributed by atoms with Crippen molar-refractivity contribution in [2.75, 3.05) is 34.5 Å². The number of aryl methyl sites for hydroxylation is 3. The van der Waals surface area contributed by atoms with E-state index in [-0.39, 0.29) is 61.6 Å². The van der Waals surface area contributed by atoms with E-state index in [0.717, 1.165) is 72.3 Å². The van der Waals surface area contributed by atoms with Crippen LogP contribution in [0.2, 0.25) is 0 Å². The number of carboxylic acid groups (broad SMARTS) is 3. The molecule has 10 aromatic rings. The normalized spacial score (nSPS) is 14.3. The van der Waals surface area contributed by atoms with E-state index in [0.29, 0.717) is 79.6 Å². The summed E-state index contributed by atoms with van der Waals surface area (Å²) in [5.41, 5.74) is 10.6. The van der Waals surface area contributed by atoms with Crippen LogP contribution in [0, 0.1) is 20.8 Å². The zero-order valence-electron chi connectivity index (χ0n) is 63.0. The number of phenols is 1. The number of carboxylic acids is 3. The van der Waals surface area contributed by atoms with Gasteiger partial charge in [0.05, 0.1) is 34.5 Å². The van der Waals surface area contributed by atoms with Gasteiger partial charge >= 0.3 is 23.9 Å². The summed E-state index contributed by atoms with van der Waals surface area (Å²) >= 11 is 5.68. The van der Waals surface area contributed by atoms with Gasteiger partial charge in [0.15, 0.2) is 34.5 Å². The van der Waals surface area contributed by atoms with Gasteiger partial charge in [-0.25, -0.2) is 24.0 Å². The molecular weight excluding hydrogens is 1440 g/mol. The molecule has 4 aliphatic rings. The van der Waals surface area contributed by atoms with E-state index in [9.17, 15) is 54.0 Å². The fraction of sp³-hybridized carbons (Fsp3) is 0.256. The summed E-state index contributed by atoms with van der Waals surface area (Å²) in [6.07, 6.45) is 3.97. The van der Waals surface area contributed by atoms with Crippen LogP contribution in [0.3, 0.4) is 0 Å². The summed E-state index contributed by atoms with van der Waals surface area (Å²) in [7, 11) is 4.45. The molecule has 10 aromatic carbocycles. The number of rotatable bonds is 24. The summed E-state index contributed by atoms with van der Waals surface area (Å²) in [5.74, 6) is -2.96. The smallest absolute Gasteiger partial charge is 0.330 e. The van der Waals surface area contributed by atoms with E-state index in [4.69, 9.17) is 40.2 Å². The Morgan fingerprint density at radius 2 is 0.696 bits per heavy atom. The molecule has 0 aliphatic heterocycles. The van der Waals surface area contributed by atoms with Crippen LogP contribution < -0.4 is 44.5 Å². The third kappa shape index (κ3) is 19.2. The Hall–Kier alpha value is -12.5. The number of esters is 1. The average Bonchev–Trinajstić information content (AvgIpc) is 1.64. The molecular formula is C90H89ClN4O17. The van der Waals surface area contributed by atoms with Crippen molar-refractivity contribution in [1.29, 1.82) is 0 Å². The fourth-order valence-corrected chi connectivity index (χ4v) is 14.6. The van der Waals surface area contributed by atoms with Gasteiger partial charge in [-0.05, 0) is 148 Å². The summed E-state index contributed by atoms with van der Waals surface area (Å²) in [4.78, 5) is 89.7. The van der Waals surface area contributed by atoms with Crippen molar-refractivity contribution in [2.45, 2.75) is 114 Å². The predicted octanol–water partition coefficient (Wildman–Crippen LogP) is 13.0. The van der Waals surface area contributed by atoms with Gasteiger partial charge in [-0.15, -0.1) is 0 Å². The molecule has 0 unspecified atom stereocenters. The van der Waals surface area contributed by atoms with Gasteiger partial charge in [-0.3, -0.25) is 14.4 Å². The van der Waals surface area contributed by atoms with Gasteiger partial charge in [0.25, 0.3) is 17.7 Å². The number of carbonyl (C=O) groups excluding carboxylic acids is 4. The highest BCUT2D eigenvalue weighted by molar-refractivity contribution is 6.15. The summed E-state index contributed by atoms with van der Waals surface area (Å²) in [6, 6.07) is 68.8. The number of halogens is 1. The van der Waals surface area contributed by atoms with Crippen LogP contribution >= 0.6 is 11.8 Å². The first-order chi connectivity index (χ1) is 53.9. The van der Waals surface area contributed by atoms with Gasteiger partial charge in [0, 0.05) is 80.9 Å². The third-order valence-corrected chi connectivity index (χ3v) is 20.9. The molecule has 0 spiro atoms. The third-order valence-electron chi connectivity index (χ3n) is 20.5. The molecule has 0 aromatic heterocycles. The Kier molecular flexibility index (Phi) is 25.8. The Balaban J connectivity index is 0.000000152. The number of carbonyl (C=O) groups is 7. The number of aromatic hydroxyl groups is 1. The van der Waals surface area contributed by atoms with E-state index >= 15 is 0 Å². The predicted molar refractivity (Wildman–Crippen MR) is 423 cm³/mol. The zero-order chi connectivity index (χ0) is 79.7. The first kappa shape index (κ1) is 80.6. The highest BCUT2D eigenvalue weighted by Crippen LogP contribution is 2.38. The van der Waals surface area contributed by atoms with Crippen molar-refractivity contribution in [1.82, 2.24) is 20.8 Å². The summed E-state index contributed by atoms with van der Waals surface area (Å²) in [6.45, 7) is 7.13. The molecule has 4 aliphatic carbocycles. The number of amides is 3. The molecule has 0 fully saturated rings. The first-order valence-electron chi connectivity index (χ1n) is 36.5. The minimum Gasteiger partial charge on any atom is -0.504 e. The molecule has 21 nitrogen and oxygen atoms in total. The number of aliphatic carboxylic acids is 3. The van der Waals surface area contributed by atoms with Crippen molar-refractivity contribution >= 4 is 53.4 Å². The lowest BCUT2D eigenvalue weighted by Crippen LogP contribution is -2.55. The highest BCUT2D eigenvalue weighted by atomic mass is 35.5. The van der Waals surface area contributed by atoms with E-state index in [1.54, 1.807) is 36.4 Å². The average molecular weight is 1530 g/mol. The summed E-state index contributed by atoms with van der Waals surface area (Å²) in [5, 5.41) is 48.2. The van der Waals surface area contributed by atoms with Crippen molar-refractivity contribution in [3.8, 4) is 34.5 Å². The Morgan fingerprint density at radius 3 is 1.06 bits per heavy atom. The second kappa shape index (κ2) is 35.9. The molecule has 0 saturated carbocycles. The van der Waals surface area contributed by atoms with Crippen LogP contribution in [-0.2, 0) is 94.7 Å². The van der Waals surface area contributed by atoms with Crippen LogP contribution in [0.25, 0.3) is 0 Å². The molecule has 3 amide bonds. The van der Waals surface area contributed by atoms with E-state index in [1.807, 2.05) is 160 Å². The zero-order valence-corrected chi connectivity index (χ0v) is 63.8. The maximum atomic E-state index is 13.1. The lowest BCUT2D eigenvalue weighted by molar-refractivity contribution is -0.147. The molecule has 0 radical (unpaired) electrons. The van der Waals surface area contributed by atoms with Crippen molar-refractivity contribution in [3.05, 3.63) is 319 Å². The number of hydrogen-bond acceptors (Lipinski definition) is 15. The SMILES string of the molecule is COC(=O)C1(NCl)Cc2ccccc2C1.COc1ccc(C(=O)NC2(C(=O)O)Cc3ccccc3C2)cc1OCCc1ccc(C)cc1.COc1ccc(C(=O)NC2(C(=O)O)Cc3ccccc3C2)cc1OCc1cccc(C)c1.Cc1cccc(CCOc2cc(C(=O)NC3(C(=O)O)Cc4ccccc4C3)ccc2O)c1. The van der Waals surface area contributed by atoms with Gasteiger partial charge in [-0.2, -0.15) is 0 Å². The van der Waals surface area contributed by atoms with E-state index in [1.165, 1.54) is 45.1 Å². The Labute approximate surface area is 654 Å². The molecule has 8 N–H and O–H groups in total. The van der Waals surface area contributed by atoms with Crippen LogP contribution in [0.5, 0.6) is 34.5 Å². The minimum atomic E-state index is -1.40. The highest BCUT2D eigenvalue weighted by Gasteiger charge is 2.49. The Morgan fingerprint density at radius 1 is 0.357 bits per heavy atom. The second-order valence-corrected chi connectivity index (χ2v) is 28.7. The van der Waals surface area contributed by atoms with Crippen LogP contribution in [-0.4, -0.2) is 119 Å². The van der Waals surface area contributed by atoms with Gasteiger partial charge < -0.3 is 64.8 Å². The van der Waals surface area contributed by atoms with Gasteiger partial charge in [-0.1, -0.05) is 187 Å². The van der Waals surface area contributed by atoms with Crippen molar-refractivity contribution < 1.29 is 82.4 Å². The lowest BCUT2D eigenvalue weighted by atomic mass is 9.95. The van der Waals surface area contributed by atoms with Crippen molar-refractivity contribution in [2.24, 2.45) is 0 Å². The maximum absolute atomic E-state index is 13.1. The summed E-state index contributed by atoms with van der Waals surface area (Å²) < 4.78 is 33.1. The molecule has 0 bridgehead atoms. The van der Waals surface area contributed by atoms with Crippen LogP contribution in [0.4, 0.5) is 0 Å². The van der Waals surface area contributed by atoms with E-state index < -0.39 is 57.8 Å². The molecule has 578 valence electrons. The van der Waals surface area contributed by atoms with Gasteiger partial charge in [0.2, 0.25) is 0 Å². The first-order valence-corrected chi connectivity index (χ1v) is 36.9. The maximum Gasteiger partial charge on any atom is 0.330 e. The van der Waals surface area contributed by atoms with Crippen molar-refractivity contribution in [3.63, 3.8) is 0 Å². The number of hydrogen-bond donors (Lipinski definition) is 8. The number of ether oxygens (including phenoxy) is 6. The molecule has 14 rings (SSSR count). The number of methoxy groups -OCH3 is 3. The number of fused-ring (bicyclic) bond motifs is 4. The van der Waals surface area contributed by atoms with E-state index in [2.05, 4.69) is 51.1 Å². The standard InChI is InChI=1S/C27H27NO5.2C26H25NO5.C11H12ClNO2/c1-18-7-9-19(10-8-18)13-14-33-24-15-20(11-12-23(24)32-2)25(29)28-27(26(30)31)16-21-5-3-4-6-22(21)17-27;1-17-6-5-7-18(12-17)16-32-23-13-19(10-11-22(23)31-2)24(28)27-26(25(29)30)14-20-8-3-4-9-21(20)15-26;1-17-5-4-6-18(13-17)11-12-32-23-14-19(9-10-22(23)28)24(29)27-26(25(30)31)15-20-7-2-3-8-21(20)16-26;1-15-10(14)11(13-12)6-8-4-2-3-5-9(8)7-11/h3-12,15H,13-14,16-17H2,1-2H3,(H,28,29)(H,30,31);3-13H,14-16H2,1-2H3,(H,27,28)(H,29,30);2-10,13-14,28H,11-12,15-16H2,1H3,(H,27,29)(H,30,31);2-5,13H,6-7H2,1H3.